The molecular formula is C85H100O4S3. The van der Waals surface area contributed by atoms with Crippen LogP contribution in [0.1, 0.15) is 147 Å². The van der Waals surface area contributed by atoms with Gasteiger partial charge in [-0.2, -0.15) is 0 Å². The minimum absolute atomic E-state index is 0.0342. The van der Waals surface area contributed by atoms with Crippen molar-refractivity contribution in [3.05, 3.63) is 303 Å². The van der Waals surface area contributed by atoms with Crippen LogP contribution in [0.25, 0.3) is 11.1 Å². The normalized spacial score (nSPS) is 11.3. The summed E-state index contributed by atoms with van der Waals surface area (Å²) in [7, 11) is -6.84. The summed E-state index contributed by atoms with van der Waals surface area (Å²) in [4.78, 5) is 4.03. The molecule has 0 heterocycles. The Balaban J connectivity index is 0.000000184. The van der Waals surface area contributed by atoms with Gasteiger partial charge in [-0.25, -0.2) is 16.8 Å². The molecule has 0 aliphatic carbocycles. The van der Waals surface area contributed by atoms with Crippen LogP contribution < -0.4 is 0 Å². The molecular weight excluding hydrogens is 1180 g/mol. The number of hydrogen-bond donors (Lipinski definition) is 0. The smallest absolute Gasteiger partial charge is 0.206 e. The lowest BCUT2D eigenvalue weighted by Crippen LogP contribution is -2.20. The van der Waals surface area contributed by atoms with Gasteiger partial charge in [0, 0.05) is 15.2 Å². The maximum Gasteiger partial charge on any atom is 0.206 e. The monoisotopic (exact) mass is 1280 g/mol. The Morgan fingerprint density at radius 1 is 0.239 bits per heavy atom. The molecule has 0 unspecified atom stereocenters. The average Bonchev–Trinajstić information content (AvgIpc) is 0.819. The van der Waals surface area contributed by atoms with E-state index in [1.54, 1.807) is 84.6 Å². The fourth-order valence-electron chi connectivity index (χ4n) is 10.7. The third-order valence-electron chi connectivity index (χ3n) is 18.8. The fourth-order valence-corrected chi connectivity index (χ4v) is 14.4. The summed E-state index contributed by atoms with van der Waals surface area (Å²) in [5.41, 5.74) is 33.2. The van der Waals surface area contributed by atoms with Gasteiger partial charge in [0.15, 0.2) is 0 Å². The number of aryl methyl sites for hydroxylation is 16. The Kier molecular flexibility index (Phi) is 24.7. The lowest BCUT2D eigenvalue weighted by molar-refractivity contribution is 0.594. The topological polar surface area (TPSA) is 68.3 Å². The van der Waals surface area contributed by atoms with Gasteiger partial charge in [-0.3, -0.25) is 0 Å². The first-order chi connectivity index (χ1) is 42.9. The molecule has 0 saturated heterocycles. The molecule has 92 heavy (non-hydrogen) atoms. The van der Waals surface area contributed by atoms with Crippen LogP contribution in [-0.2, 0) is 25.1 Å². The quantitative estimate of drug-likeness (QED) is 0.144. The second-order valence-corrected chi connectivity index (χ2v) is 31.3. The SMILES string of the molecule is Cc1cc(-c2cc(C)c(C)c(C)c2)cc(C)c1C.Cc1cc(C(C)(C)c2cc(C)c(C)c(C)c2)cc(C)c1C.Cc1cc(S(=O)(=O)c2cc(C)c(C)c(C)c2)cc(C)c1C.Cc1ccc(S(=O)(=O)c2ccc(C)cc2)cc1.Cc1ccc(Sc2ccc(C)cc2)cc1. The standard InChI is InChI=1S/C21H28.C18H22O2S.C18H22.C14H14O2S.C14H14S/c1-13-9-19(10-14(2)17(13)5)21(7,8)20-11-15(3)18(6)16(4)12-20;1-11-7-17(8-12(2)15(11)5)21(19,20)18-9-13(3)16(6)14(4)10-18;1-11-7-17(8-12(2)15(11)5)18-9-13(3)16(6)14(4)10-18;1-11-3-7-13(8-4-11)17(15,16)14-9-5-12(2)6-10-14;1-11-3-7-13(8-4-11)15-14-9-5-12(2)6-10-14/h9-12H,1-8H3;7-10H,1-6H3;7-10H,1-6H3;3-10H,1-2H3;3-10H,1-2H3. The Hall–Kier alpha value is -7.55. The lowest BCUT2D eigenvalue weighted by Gasteiger charge is -2.29. The van der Waals surface area contributed by atoms with Gasteiger partial charge in [0.05, 0.1) is 19.6 Å². The first kappa shape index (κ1) is 73.5. The van der Waals surface area contributed by atoms with Crippen molar-refractivity contribution >= 4 is 31.4 Å². The van der Waals surface area contributed by atoms with E-state index in [2.05, 4.69) is 208 Å². The molecule has 0 saturated carbocycles. The van der Waals surface area contributed by atoms with Gasteiger partial charge in [-0.05, 0) is 348 Å². The molecule has 7 heteroatoms. The summed E-state index contributed by atoms with van der Waals surface area (Å²) in [5, 5.41) is 0. The van der Waals surface area contributed by atoms with Gasteiger partial charge in [0.2, 0.25) is 19.7 Å². The number of rotatable bonds is 9. The van der Waals surface area contributed by atoms with E-state index < -0.39 is 19.7 Å². The highest BCUT2D eigenvalue weighted by Gasteiger charge is 2.26. The van der Waals surface area contributed by atoms with Crippen molar-refractivity contribution < 1.29 is 16.8 Å². The van der Waals surface area contributed by atoms with Gasteiger partial charge in [-0.15, -0.1) is 0 Å². The second-order valence-electron chi connectivity index (χ2n) is 26.3. The van der Waals surface area contributed by atoms with E-state index >= 15 is 0 Å². The average molecular weight is 1280 g/mol. The van der Waals surface area contributed by atoms with E-state index in [1.807, 2.05) is 55.4 Å². The molecule has 0 aliphatic heterocycles. The van der Waals surface area contributed by atoms with Crippen LogP contribution in [0.3, 0.4) is 0 Å². The third kappa shape index (κ3) is 18.4. The summed E-state index contributed by atoms with van der Waals surface area (Å²) in [5.74, 6) is 0. The molecule has 10 rings (SSSR count). The number of hydrogen-bond acceptors (Lipinski definition) is 5. The Morgan fingerprint density at radius 2 is 0.424 bits per heavy atom. The molecule has 10 aromatic carbocycles. The zero-order valence-electron chi connectivity index (χ0n) is 59.5. The molecule has 0 N–H and O–H groups in total. The summed E-state index contributed by atoms with van der Waals surface area (Å²) in [6, 6.07) is 56.7. The van der Waals surface area contributed by atoms with Gasteiger partial charge < -0.3 is 0 Å². The van der Waals surface area contributed by atoms with Gasteiger partial charge >= 0.3 is 0 Å². The molecule has 0 spiro atoms. The minimum Gasteiger partial charge on any atom is -0.219 e. The first-order valence-corrected chi connectivity index (χ1v) is 35.6. The van der Waals surface area contributed by atoms with Crippen molar-refractivity contribution in [1.82, 2.24) is 0 Å². The van der Waals surface area contributed by atoms with Crippen molar-refractivity contribution in [1.29, 1.82) is 0 Å². The third-order valence-corrected chi connectivity index (χ3v) is 23.4. The second kappa shape index (κ2) is 30.9. The fraction of sp³-hybridized carbons (Fsp3) is 0.294. The van der Waals surface area contributed by atoms with Crippen LogP contribution in [0.5, 0.6) is 0 Å². The van der Waals surface area contributed by atoms with Crippen LogP contribution in [0, 0.1) is 152 Å². The molecule has 4 nitrogen and oxygen atoms in total. The molecule has 0 aromatic heterocycles. The number of benzene rings is 10. The summed E-state index contributed by atoms with van der Waals surface area (Å²) in [6.45, 7) is 51.0. The van der Waals surface area contributed by atoms with E-state index in [4.69, 9.17) is 0 Å². The van der Waals surface area contributed by atoms with Crippen LogP contribution in [0.2, 0.25) is 0 Å². The van der Waals surface area contributed by atoms with Crippen molar-refractivity contribution in [3.8, 4) is 11.1 Å². The van der Waals surface area contributed by atoms with E-state index in [0.29, 0.717) is 19.6 Å². The Morgan fingerprint density at radius 3 is 0.652 bits per heavy atom. The van der Waals surface area contributed by atoms with Crippen molar-refractivity contribution in [2.45, 2.75) is 201 Å². The van der Waals surface area contributed by atoms with E-state index in [9.17, 15) is 16.8 Å². The molecule has 0 bridgehead atoms. The van der Waals surface area contributed by atoms with E-state index in [1.165, 1.54) is 110 Å². The summed E-state index contributed by atoms with van der Waals surface area (Å²) < 4.78 is 50.2. The van der Waals surface area contributed by atoms with Crippen LogP contribution >= 0.6 is 11.8 Å². The van der Waals surface area contributed by atoms with E-state index in [0.717, 1.165) is 44.5 Å². The molecule has 0 aliphatic rings. The molecule has 0 fully saturated rings. The van der Waals surface area contributed by atoms with Crippen LogP contribution in [-0.4, -0.2) is 16.8 Å². The lowest BCUT2D eigenvalue weighted by atomic mass is 9.75. The Labute approximate surface area is 559 Å². The van der Waals surface area contributed by atoms with Crippen molar-refractivity contribution in [2.24, 2.45) is 0 Å². The number of sulfone groups is 2. The first-order valence-electron chi connectivity index (χ1n) is 31.9. The van der Waals surface area contributed by atoms with Crippen molar-refractivity contribution in [2.75, 3.05) is 0 Å². The Bertz CT molecular complexity index is 4080. The molecule has 0 radical (unpaired) electrons. The van der Waals surface area contributed by atoms with Gasteiger partial charge in [0.25, 0.3) is 0 Å². The van der Waals surface area contributed by atoms with E-state index in [-0.39, 0.29) is 5.41 Å². The van der Waals surface area contributed by atoms with Crippen molar-refractivity contribution in [3.63, 3.8) is 0 Å². The maximum atomic E-state index is 12.9. The summed E-state index contributed by atoms with van der Waals surface area (Å²) in [6.07, 6.45) is 0. The zero-order valence-corrected chi connectivity index (χ0v) is 62.0. The maximum absolute atomic E-state index is 12.9. The van der Waals surface area contributed by atoms with Crippen LogP contribution in [0.4, 0.5) is 0 Å². The molecule has 482 valence electrons. The predicted molar refractivity (Wildman–Crippen MR) is 395 cm³/mol. The molecule has 0 atom stereocenters. The zero-order chi connectivity index (χ0) is 68.5. The highest BCUT2D eigenvalue weighted by atomic mass is 32.2. The predicted octanol–water partition coefficient (Wildman–Crippen LogP) is 23.0. The highest BCUT2D eigenvalue weighted by Crippen LogP contribution is 2.36. The highest BCUT2D eigenvalue weighted by molar-refractivity contribution is 7.99. The summed E-state index contributed by atoms with van der Waals surface area (Å²) >= 11 is 1.80. The molecule has 10 aromatic rings. The van der Waals surface area contributed by atoms with Crippen LogP contribution in [0.15, 0.2) is 199 Å². The van der Waals surface area contributed by atoms with Gasteiger partial charge in [-0.1, -0.05) is 145 Å². The molecule has 0 amide bonds. The largest absolute Gasteiger partial charge is 0.219 e. The minimum atomic E-state index is -3.46. The van der Waals surface area contributed by atoms with Gasteiger partial charge in [0.1, 0.15) is 0 Å².